The van der Waals surface area contributed by atoms with Crippen LogP contribution in [0, 0.1) is 10.1 Å². The normalized spacial score (nSPS) is 10.5. The van der Waals surface area contributed by atoms with E-state index in [1.165, 1.54) is 17.4 Å². The van der Waals surface area contributed by atoms with Crippen molar-refractivity contribution in [1.29, 1.82) is 0 Å². The zero-order chi connectivity index (χ0) is 13.2. The van der Waals surface area contributed by atoms with Crippen molar-refractivity contribution in [1.82, 2.24) is 4.98 Å². The number of aromatic nitrogens is 1. The highest BCUT2D eigenvalue weighted by atomic mass is 32.1. The summed E-state index contributed by atoms with van der Waals surface area (Å²) in [6.07, 6.45) is 0. The molecule has 0 bridgehead atoms. The molecule has 94 valence electrons. The van der Waals surface area contributed by atoms with Crippen LogP contribution in [0.2, 0.25) is 0 Å². The maximum Gasteiger partial charge on any atom is 0.292 e. The van der Waals surface area contributed by atoms with E-state index in [2.05, 4.69) is 10.3 Å². The minimum absolute atomic E-state index is 0.0619. The molecule has 0 spiro atoms. The van der Waals surface area contributed by atoms with Gasteiger partial charge in [0.2, 0.25) is 0 Å². The van der Waals surface area contributed by atoms with Crippen LogP contribution in [0.15, 0.2) is 48.0 Å². The van der Waals surface area contributed by atoms with Gasteiger partial charge in [-0.25, -0.2) is 4.98 Å². The number of hydrogen-bond acceptors (Lipinski definition) is 5. The van der Waals surface area contributed by atoms with Gasteiger partial charge in [-0.2, -0.15) is 0 Å². The highest BCUT2D eigenvalue weighted by molar-refractivity contribution is 7.16. The van der Waals surface area contributed by atoms with E-state index in [1.807, 2.05) is 18.2 Å². The number of benzene rings is 2. The topological polar surface area (TPSA) is 68.1 Å². The predicted octanol–water partition coefficient (Wildman–Crippen LogP) is 3.95. The van der Waals surface area contributed by atoms with Gasteiger partial charge >= 0.3 is 0 Å². The predicted molar refractivity (Wildman–Crippen MR) is 76.0 cm³/mol. The van der Waals surface area contributed by atoms with Gasteiger partial charge in [0, 0.05) is 11.8 Å². The Morgan fingerprint density at radius 3 is 2.89 bits per heavy atom. The molecule has 0 saturated heterocycles. The van der Waals surface area contributed by atoms with Gasteiger partial charge in [-0.15, -0.1) is 11.3 Å². The summed E-state index contributed by atoms with van der Waals surface area (Å²) in [5, 5.41) is 14.0. The largest absolute Gasteiger partial charge is 0.350 e. The molecule has 0 atom stereocenters. The summed E-state index contributed by atoms with van der Waals surface area (Å²) < 4.78 is 1.04. The fourth-order valence-electron chi connectivity index (χ4n) is 1.83. The summed E-state index contributed by atoms with van der Waals surface area (Å²) in [5.74, 6) is 0. The summed E-state index contributed by atoms with van der Waals surface area (Å²) >= 11 is 1.54. The van der Waals surface area contributed by atoms with Crippen molar-refractivity contribution >= 4 is 38.6 Å². The van der Waals surface area contributed by atoms with Gasteiger partial charge in [0.05, 0.1) is 20.7 Å². The molecule has 3 rings (SSSR count). The van der Waals surface area contributed by atoms with Crippen molar-refractivity contribution < 1.29 is 4.92 Å². The average molecular weight is 271 g/mol. The standard InChI is InChI=1S/C13H9N3O2S/c17-16(18)12-4-2-1-3-10(12)15-9-5-6-11-13(7-9)19-8-14-11/h1-8,15H. The number of rotatable bonds is 3. The fourth-order valence-corrected chi connectivity index (χ4v) is 2.54. The molecule has 0 saturated carbocycles. The molecule has 1 aromatic heterocycles. The molecule has 1 heterocycles. The highest BCUT2D eigenvalue weighted by Crippen LogP contribution is 2.29. The Bertz CT molecular complexity index is 754. The molecule has 6 heteroatoms. The molecule has 19 heavy (non-hydrogen) atoms. The molecule has 0 unspecified atom stereocenters. The number of thiazole rings is 1. The van der Waals surface area contributed by atoms with Crippen LogP contribution >= 0.6 is 11.3 Å². The molecule has 0 aliphatic carbocycles. The van der Waals surface area contributed by atoms with Crippen molar-refractivity contribution in [2.45, 2.75) is 0 Å². The van der Waals surface area contributed by atoms with E-state index < -0.39 is 4.92 Å². The third-order valence-electron chi connectivity index (χ3n) is 2.71. The van der Waals surface area contributed by atoms with Gasteiger partial charge in [0.1, 0.15) is 5.69 Å². The quantitative estimate of drug-likeness (QED) is 0.578. The van der Waals surface area contributed by atoms with E-state index in [1.54, 1.807) is 23.7 Å². The number of fused-ring (bicyclic) bond motifs is 1. The molecule has 5 nitrogen and oxygen atoms in total. The Kier molecular flexibility index (Phi) is 2.85. The van der Waals surface area contributed by atoms with Gasteiger partial charge in [-0.1, -0.05) is 12.1 Å². The Morgan fingerprint density at radius 1 is 1.21 bits per heavy atom. The van der Waals surface area contributed by atoms with E-state index in [0.717, 1.165) is 15.9 Å². The van der Waals surface area contributed by atoms with Crippen LogP contribution in [0.5, 0.6) is 0 Å². The highest BCUT2D eigenvalue weighted by Gasteiger charge is 2.12. The van der Waals surface area contributed by atoms with Crippen LogP contribution in [0.25, 0.3) is 10.2 Å². The first-order valence-corrected chi connectivity index (χ1v) is 6.46. The lowest BCUT2D eigenvalue weighted by Crippen LogP contribution is -1.96. The van der Waals surface area contributed by atoms with Gasteiger partial charge < -0.3 is 5.32 Å². The van der Waals surface area contributed by atoms with Crippen LogP contribution in [-0.2, 0) is 0 Å². The first-order valence-electron chi connectivity index (χ1n) is 5.58. The molecule has 3 aromatic rings. The summed E-state index contributed by atoms with van der Waals surface area (Å²) in [7, 11) is 0. The second kappa shape index (κ2) is 4.66. The number of nitrogens with zero attached hydrogens (tertiary/aromatic N) is 2. The van der Waals surface area contributed by atoms with E-state index in [9.17, 15) is 10.1 Å². The van der Waals surface area contributed by atoms with E-state index in [-0.39, 0.29) is 5.69 Å². The van der Waals surface area contributed by atoms with Gasteiger partial charge in [-0.3, -0.25) is 10.1 Å². The van der Waals surface area contributed by atoms with Crippen LogP contribution in [-0.4, -0.2) is 9.91 Å². The molecule has 1 N–H and O–H groups in total. The smallest absolute Gasteiger partial charge is 0.292 e. The average Bonchev–Trinajstić information content (AvgIpc) is 2.86. The van der Waals surface area contributed by atoms with Crippen molar-refractivity contribution in [3.63, 3.8) is 0 Å². The summed E-state index contributed by atoms with van der Waals surface area (Å²) in [5.41, 5.74) is 4.06. The lowest BCUT2D eigenvalue weighted by Gasteiger charge is -2.06. The summed E-state index contributed by atoms with van der Waals surface area (Å²) in [6.45, 7) is 0. The molecule has 2 aromatic carbocycles. The van der Waals surface area contributed by atoms with E-state index in [4.69, 9.17) is 0 Å². The molecule has 0 aliphatic rings. The maximum atomic E-state index is 10.9. The maximum absolute atomic E-state index is 10.9. The number of nitrogens with one attached hydrogen (secondary N) is 1. The molecule has 0 fully saturated rings. The van der Waals surface area contributed by atoms with Gasteiger partial charge in [-0.05, 0) is 24.3 Å². The van der Waals surface area contributed by atoms with Crippen LogP contribution in [0.1, 0.15) is 0 Å². The lowest BCUT2D eigenvalue weighted by atomic mass is 10.2. The number of nitro benzene ring substituents is 1. The SMILES string of the molecule is O=[N+]([O-])c1ccccc1Nc1ccc2ncsc2c1. The van der Waals surface area contributed by atoms with Crippen molar-refractivity contribution in [3.8, 4) is 0 Å². The van der Waals surface area contributed by atoms with E-state index in [0.29, 0.717) is 5.69 Å². The third kappa shape index (κ3) is 2.25. The second-order valence-electron chi connectivity index (χ2n) is 3.93. The Labute approximate surface area is 112 Å². The van der Waals surface area contributed by atoms with Crippen LogP contribution in [0.4, 0.5) is 17.1 Å². The van der Waals surface area contributed by atoms with Crippen molar-refractivity contribution in [2.24, 2.45) is 0 Å². The van der Waals surface area contributed by atoms with Crippen molar-refractivity contribution in [2.75, 3.05) is 5.32 Å². The van der Waals surface area contributed by atoms with Gasteiger partial charge in [0.15, 0.2) is 0 Å². The Morgan fingerprint density at radius 2 is 2.05 bits per heavy atom. The summed E-state index contributed by atoms with van der Waals surface area (Å²) in [6, 6.07) is 12.3. The minimum atomic E-state index is -0.395. The monoisotopic (exact) mass is 271 g/mol. The molecule has 0 aliphatic heterocycles. The van der Waals surface area contributed by atoms with E-state index >= 15 is 0 Å². The van der Waals surface area contributed by atoms with Crippen LogP contribution in [0.3, 0.4) is 0 Å². The van der Waals surface area contributed by atoms with Crippen LogP contribution < -0.4 is 5.32 Å². The molecular weight excluding hydrogens is 262 g/mol. The van der Waals surface area contributed by atoms with Gasteiger partial charge in [0.25, 0.3) is 5.69 Å². The Hall–Kier alpha value is -2.47. The Balaban J connectivity index is 1.98. The first kappa shape index (κ1) is 11.6. The number of nitro groups is 1. The number of para-hydroxylation sites is 2. The number of hydrogen-bond donors (Lipinski definition) is 1. The molecular formula is C13H9N3O2S. The zero-order valence-electron chi connectivity index (χ0n) is 9.74. The minimum Gasteiger partial charge on any atom is -0.350 e. The second-order valence-corrected chi connectivity index (χ2v) is 4.82. The zero-order valence-corrected chi connectivity index (χ0v) is 10.6. The van der Waals surface area contributed by atoms with Crippen molar-refractivity contribution in [3.05, 3.63) is 58.1 Å². The summed E-state index contributed by atoms with van der Waals surface area (Å²) in [4.78, 5) is 14.7. The first-order chi connectivity index (χ1) is 9.24. The molecule has 0 radical (unpaired) electrons. The number of anilines is 2. The molecule has 0 amide bonds. The third-order valence-corrected chi connectivity index (χ3v) is 3.50. The fraction of sp³-hybridized carbons (Fsp3) is 0. The lowest BCUT2D eigenvalue weighted by molar-refractivity contribution is -0.383.